The summed E-state index contributed by atoms with van der Waals surface area (Å²) in [6.45, 7) is 9.03. The average Bonchev–Trinajstić information content (AvgIpc) is 2.36. The van der Waals surface area contributed by atoms with Gasteiger partial charge in [-0.25, -0.2) is 0 Å². The van der Waals surface area contributed by atoms with E-state index in [-0.39, 0.29) is 5.54 Å². The normalized spacial score (nSPS) is 12.7. The van der Waals surface area contributed by atoms with E-state index in [0.717, 1.165) is 50.2 Å². The highest BCUT2D eigenvalue weighted by Gasteiger charge is 2.29. The second-order valence-electron chi connectivity index (χ2n) is 6.23. The largest absolute Gasteiger partial charge is 0.416 e. The molecule has 2 N–H and O–H groups in total. The summed E-state index contributed by atoms with van der Waals surface area (Å²) in [5.74, 6) is 0. The molecule has 0 aliphatic heterocycles. The number of benzene rings is 1. The molecule has 0 radical (unpaired) electrons. The maximum atomic E-state index is 12.4. The van der Waals surface area contributed by atoms with Gasteiger partial charge >= 0.3 is 6.18 Å². The highest BCUT2D eigenvalue weighted by Crippen LogP contribution is 2.29. The summed E-state index contributed by atoms with van der Waals surface area (Å²) in [6, 6.07) is 5.38. The predicted octanol–water partition coefficient (Wildman–Crippen LogP) is 3.62. The maximum Gasteiger partial charge on any atom is 0.416 e. The van der Waals surface area contributed by atoms with Crippen LogP contribution in [-0.4, -0.2) is 25.2 Å². The monoisotopic (exact) mass is 302 g/mol. The Bertz CT molecular complexity index is 405. The van der Waals surface area contributed by atoms with Gasteiger partial charge in [0.05, 0.1) is 5.56 Å². The summed E-state index contributed by atoms with van der Waals surface area (Å²) < 4.78 is 37.2. The van der Waals surface area contributed by atoms with Crippen LogP contribution in [0.2, 0.25) is 0 Å². The Kier molecular flexibility index (Phi) is 6.68. The molecule has 1 aromatic rings. The van der Waals surface area contributed by atoms with Crippen LogP contribution in [-0.2, 0) is 12.6 Å². The highest BCUT2D eigenvalue weighted by molar-refractivity contribution is 5.24. The van der Waals surface area contributed by atoms with Gasteiger partial charge in [-0.05, 0) is 70.9 Å². The first-order valence-electron chi connectivity index (χ1n) is 7.30. The lowest BCUT2D eigenvalue weighted by Crippen LogP contribution is -2.37. The van der Waals surface area contributed by atoms with Crippen LogP contribution >= 0.6 is 0 Å². The van der Waals surface area contributed by atoms with Crippen molar-refractivity contribution in [1.29, 1.82) is 0 Å². The van der Waals surface area contributed by atoms with Crippen LogP contribution in [0.25, 0.3) is 0 Å². The molecule has 120 valence electrons. The van der Waals surface area contributed by atoms with Crippen molar-refractivity contribution in [1.82, 2.24) is 10.6 Å². The third-order valence-electron chi connectivity index (χ3n) is 3.06. The van der Waals surface area contributed by atoms with E-state index in [4.69, 9.17) is 0 Å². The van der Waals surface area contributed by atoms with Gasteiger partial charge in [0, 0.05) is 5.54 Å². The zero-order chi connectivity index (χ0) is 15.9. The molecule has 0 atom stereocenters. The fourth-order valence-electron chi connectivity index (χ4n) is 1.89. The van der Waals surface area contributed by atoms with E-state index in [9.17, 15) is 13.2 Å². The molecule has 0 saturated carbocycles. The molecular formula is C16H25F3N2. The Morgan fingerprint density at radius 1 is 0.905 bits per heavy atom. The smallest absolute Gasteiger partial charge is 0.316 e. The molecule has 0 saturated heterocycles. The van der Waals surface area contributed by atoms with Gasteiger partial charge in [0.2, 0.25) is 0 Å². The van der Waals surface area contributed by atoms with E-state index < -0.39 is 11.7 Å². The van der Waals surface area contributed by atoms with E-state index in [1.807, 2.05) is 0 Å². The minimum atomic E-state index is -4.25. The molecule has 0 amide bonds. The Morgan fingerprint density at radius 3 is 2.05 bits per heavy atom. The topological polar surface area (TPSA) is 24.1 Å². The van der Waals surface area contributed by atoms with Crippen molar-refractivity contribution in [3.05, 3.63) is 35.4 Å². The molecule has 1 rings (SSSR count). The maximum absolute atomic E-state index is 12.4. The van der Waals surface area contributed by atoms with E-state index in [1.165, 1.54) is 0 Å². The Hall–Kier alpha value is -1.07. The first kappa shape index (κ1) is 18.0. The molecule has 5 heteroatoms. The van der Waals surface area contributed by atoms with Gasteiger partial charge in [-0.15, -0.1) is 0 Å². The highest BCUT2D eigenvalue weighted by atomic mass is 19.4. The summed E-state index contributed by atoms with van der Waals surface area (Å²) in [7, 11) is 0. The van der Waals surface area contributed by atoms with Crippen LogP contribution in [0.15, 0.2) is 24.3 Å². The number of alkyl halides is 3. The van der Waals surface area contributed by atoms with Gasteiger partial charge in [0.25, 0.3) is 0 Å². The minimum Gasteiger partial charge on any atom is -0.316 e. The third-order valence-corrected chi connectivity index (χ3v) is 3.06. The zero-order valence-electron chi connectivity index (χ0n) is 13.0. The molecule has 1 aromatic carbocycles. The summed E-state index contributed by atoms with van der Waals surface area (Å²) in [5, 5.41) is 6.71. The summed E-state index contributed by atoms with van der Waals surface area (Å²) in [4.78, 5) is 0. The van der Waals surface area contributed by atoms with Gasteiger partial charge in [0.15, 0.2) is 0 Å². The fourth-order valence-corrected chi connectivity index (χ4v) is 1.89. The van der Waals surface area contributed by atoms with Crippen molar-refractivity contribution in [2.24, 2.45) is 0 Å². The van der Waals surface area contributed by atoms with Crippen LogP contribution in [0.1, 0.15) is 38.3 Å². The van der Waals surface area contributed by atoms with Crippen molar-refractivity contribution >= 4 is 0 Å². The molecular weight excluding hydrogens is 277 g/mol. The number of hydrogen-bond acceptors (Lipinski definition) is 2. The quantitative estimate of drug-likeness (QED) is 0.752. The molecule has 21 heavy (non-hydrogen) atoms. The van der Waals surface area contributed by atoms with Gasteiger partial charge in [-0.3, -0.25) is 0 Å². The SMILES string of the molecule is CC(C)(C)NCCCNCCc1ccc(C(F)(F)F)cc1. The first-order chi connectivity index (χ1) is 9.68. The van der Waals surface area contributed by atoms with E-state index in [0.29, 0.717) is 0 Å². The van der Waals surface area contributed by atoms with Gasteiger partial charge in [-0.1, -0.05) is 12.1 Å². The molecule has 0 aromatic heterocycles. The van der Waals surface area contributed by atoms with Gasteiger partial charge in [-0.2, -0.15) is 13.2 Å². The minimum absolute atomic E-state index is 0.139. The zero-order valence-corrected chi connectivity index (χ0v) is 13.0. The second-order valence-corrected chi connectivity index (χ2v) is 6.23. The van der Waals surface area contributed by atoms with Gasteiger partial charge in [0.1, 0.15) is 0 Å². The average molecular weight is 302 g/mol. The lowest BCUT2D eigenvalue weighted by Gasteiger charge is -2.20. The molecule has 0 unspecified atom stereocenters. The molecule has 0 heterocycles. The van der Waals surface area contributed by atoms with Crippen LogP contribution in [0.4, 0.5) is 13.2 Å². The standard InChI is InChI=1S/C16H25F3N2/c1-15(2,3)21-11-4-10-20-12-9-13-5-7-14(8-6-13)16(17,18)19/h5-8,20-21H,4,9-12H2,1-3H3. The Balaban J connectivity index is 2.16. The summed E-state index contributed by atoms with van der Waals surface area (Å²) >= 11 is 0. The molecule has 0 aliphatic rings. The van der Waals surface area contributed by atoms with E-state index in [1.54, 1.807) is 12.1 Å². The first-order valence-corrected chi connectivity index (χ1v) is 7.30. The lowest BCUT2D eigenvalue weighted by atomic mass is 10.1. The Labute approximate surface area is 125 Å². The predicted molar refractivity (Wildman–Crippen MR) is 80.4 cm³/mol. The molecule has 0 fully saturated rings. The Morgan fingerprint density at radius 2 is 1.52 bits per heavy atom. The van der Waals surface area contributed by atoms with Crippen molar-refractivity contribution in [3.8, 4) is 0 Å². The lowest BCUT2D eigenvalue weighted by molar-refractivity contribution is -0.137. The number of halogens is 3. The van der Waals surface area contributed by atoms with E-state index >= 15 is 0 Å². The summed E-state index contributed by atoms with van der Waals surface area (Å²) in [6.07, 6.45) is -2.48. The number of rotatable bonds is 7. The van der Waals surface area contributed by atoms with E-state index in [2.05, 4.69) is 31.4 Å². The van der Waals surface area contributed by atoms with Crippen LogP contribution in [0, 0.1) is 0 Å². The second kappa shape index (κ2) is 7.80. The number of hydrogen-bond donors (Lipinski definition) is 2. The number of nitrogens with one attached hydrogen (secondary N) is 2. The van der Waals surface area contributed by atoms with Crippen LogP contribution in [0.3, 0.4) is 0 Å². The van der Waals surface area contributed by atoms with Gasteiger partial charge < -0.3 is 10.6 Å². The fraction of sp³-hybridized carbons (Fsp3) is 0.625. The molecule has 0 spiro atoms. The van der Waals surface area contributed by atoms with Crippen LogP contribution in [0.5, 0.6) is 0 Å². The van der Waals surface area contributed by atoms with Crippen molar-refractivity contribution in [2.45, 2.75) is 45.3 Å². The summed E-state index contributed by atoms with van der Waals surface area (Å²) in [5.41, 5.74) is 0.469. The molecule has 2 nitrogen and oxygen atoms in total. The van der Waals surface area contributed by atoms with Crippen molar-refractivity contribution in [3.63, 3.8) is 0 Å². The third kappa shape index (κ3) is 8.07. The van der Waals surface area contributed by atoms with Crippen molar-refractivity contribution in [2.75, 3.05) is 19.6 Å². The van der Waals surface area contributed by atoms with Crippen LogP contribution < -0.4 is 10.6 Å². The molecule has 0 aliphatic carbocycles. The van der Waals surface area contributed by atoms with Crippen molar-refractivity contribution < 1.29 is 13.2 Å². The molecule has 0 bridgehead atoms.